The van der Waals surface area contributed by atoms with Crippen molar-refractivity contribution in [3.05, 3.63) is 62.8 Å². The number of anilines is 1. The van der Waals surface area contributed by atoms with Crippen LogP contribution in [0.1, 0.15) is 68.0 Å². The fourth-order valence-electron chi connectivity index (χ4n) is 5.48. The van der Waals surface area contributed by atoms with E-state index in [2.05, 4.69) is 10.3 Å². The number of likely N-dealkylation sites (tertiary alicyclic amines) is 1. The average Bonchev–Trinajstić information content (AvgIpc) is 2.95. The highest BCUT2D eigenvalue weighted by molar-refractivity contribution is 5.95. The van der Waals surface area contributed by atoms with E-state index in [9.17, 15) is 28.3 Å². The van der Waals surface area contributed by atoms with Gasteiger partial charge >= 0.3 is 6.09 Å². The number of piperidine rings is 1. The number of alkyl halides is 2. The van der Waals surface area contributed by atoms with Crippen LogP contribution < -0.4 is 21.3 Å². The van der Waals surface area contributed by atoms with Crippen molar-refractivity contribution >= 4 is 28.7 Å². The first-order valence-electron chi connectivity index (χ1n) is 14.2. The number of pyridine rings is 2. The molecular weight excluding hydrogens is 583 g/mol. The molecule has 1 saturated heterocycles. The third-order valence-corrected chi connectivity index (χ3v) is 7.92. The number of ether oxygens (including phenoxy) is 2. The number of primary amides is 1. The molecule has 4 N–H and O–H groups in total. The summed E-state index contributed by atoms with van der Waals surface area (Å²) in [6, 6.07) is 4.45. The Bertz CT molecular complexity index is 1620. The second-order valence-electron chi connectivity index (χ2n) is 10.9. The highest BCUT2D eigenvalue weighted by Gasteiger charge is 2.38. The lowest BCUT2D eigenvalue weighted by atomic mass is 9.84. The Morgan fingerprint density at radius 2 is 1.86 bits per heavy atom. The zero-order valence-electron chi connectivity index (χ0n) is 25.0. The summed E-state index contributed by atoms with van der Waals surface area (Å²) in [6.45, 7) is 5.27. The number of aromatic nitrogens is 2. The number of carbonyl (C=O) groups is 2. The molecule has 0 aliphatic carbocycles. The molecule has 0 saturated carbocycles. The predicted octanol–water partition coefficient (Wildman–Crippen LogP) is 4.19. The number of carbonyl (C=O) groups excluding carboxylic acids is 2. The Morgan fingerprint density at radius 3 is 2.48 bits per heavy atom. The number of rotatable bonds is 10. The summed E-state index contributed by atoms with van der Waals surface area (Å²) >= 11 is 0. The summed E-state index contributed by atoms with van der Waals surface area (Å²) in [5.41, 5.74) is 3.01. The minimum atomic E-state index is -3.00. The SMILES string of the molecule is CC(=O)N1CCC(O)(c2cc3c(NC(C)c4cccc(C(F)F)c4F)nc(C)c(OCCCOC(N)=O)c3n(C)c2=O)CC1. The average molecular weight is 620 g/mol. The molecule has 11 nitrogen and oxygen atoms in total. The lowest BCUT2D eigenvalue weighted by Gasteiger charge is -2.38. The quantitative estimate of drug-likeness (QED) is 0.286. The topological polar surface area (TPSA) is 149 Å². The predicted molar refractivity (Wildman–Crippen MR) is 156 cm³/mol. The zero-order chi connectivity index (χ0) is 32.3. The van der Waals surface area contributed by atoms with Crippen molar-refractivity contribution in [3.63, 3.8) is 0 Å². The minimum absolute atomic E-state index is 0.00747. The Hall–Kier alpha value is -4.33. The van der Waals surface area contributed by atoms with Crippen LogP contribution in [-0.2, 0) is 22.2 Å². The maximum Gasteiger partial charge on any atom is 0.404 e. The van der Waals surface area contributed by atoms with Crippen LogP contribution in [0.5, 0.6) is 5.75 Å². The molecule has 1 atom stereocenters. The smallest absolute Gasteiger partial charge is 0.404 e. The molecule has 44 heavy (non-hydrogen) atoms. The molecule has 1 unspecified atom stereocenters. The first kappa shape index (κ1) is 32.6. The van der Waals surface area contributed by atoms with Gasteiger partial charge in [0.05, 0.1) is 41.6 Å². The van der Waals surface area contributed by atoms with Gasteiger partial charge in [-0.1, -0.05) is 18.2 Å². The number of hydrogen-bond donors (Lipinski definition) is 3. The maximum atomic E-state index is 15.0. The number of halogens is 3. The molecule has 1 aromatic carbocycles. The summed E-state index contributed by atoms with van der Waals surface area (Å²) in [7, 11) is 1.52. The Balaban J connectivity index is 1.82. The van der Waals surface area contributed by atoms with Gasteiger partial charge in [0.15, 0.2) is 5.75 Å². The van der Waals surface area contributed by atoms with Crippen molar-refractivity contribution in [2.24, 2.45) is 12.8 Å². The molecule has 238 valence electrons. The van der Waals surface area contributed by atoms with E-state index in [-0.39, 0.29) is 67.7 Å². The van der Waals surface area contributed by atoms with Gasteiger partial charge < -0.3 is 35.1 Å². The summed E-state index contributed by atoms with van der Waals surface area (Å²) in [6.07, 6.45) is -3.38. The van der Waals surface area contributed by atoms with Crippen molar-refractivity contribution in [1.82, 2.24) is 14.5 Å². The van der Waals surface area contributed by atoms with Crippen LogP contribution in [0.25, 0.3) is 10.9 Å². The number of fused-ring (bicyclic) bond motifs is 1. The van der Waals surface area contributed by atoms with Crippen molar-refractivity contribution < 1.29 is 37.3 Å². The third kappa shape index (κ3) is 6.59. The molecule has 0 radical (unpaired) electrons. The second kappa shape index (κ2) is 13.1. The molecule has 0 bridgehead atoms. The molecular formula is C30H36F3N5O6. The third-order valence-electron chi connectivity index (χ3n) is 7.92. The molecule has 2 aromatic heterocycles. The fourth-order valence-corrected chi connectivity index (χ4v) is 5.48. The molecule has 0 spiro atoms. The summed E-state index contributed by atoms with van der Waals surface area (Å²) in [4.78, 5) is 42.7. The molecule has 3 aromatic rings. The van der Waals surface area contributed by atoms with Gasteiger partial charge in [-0.15, -0.1) is 0 Å². The lowest BCUT2D eigenvalue weighted by Crippen LogP contribution is -2.47. The van der Waals surface area contributed by atoms with Crippen LogP contribution in [-0.4, -0.2) is 57.9 Å². The van der Waals surface area contributed by atoms with E-state index in [1.54, 1.807) is 18.7 Å². The van der Waals surface area contributed by atoms with Gasteiger partial charge in [0.2, 0.25) is 5.91 Å². The molecule has 3 heterocycles. The van der Waals surface area contributed by atoms with Crippen LogP contribution in [0.3, 0.4) is 0 Å². The van der Waals surface area contributed by atoms with Crippen LogP contribution >= 0.6 is 0 Å². The van der Waals surface area contributed by atoms with E-state index in [0.29, 0.717) is 23.0 Å². The fraction of sp³-hybridized carbons (Fsp3) is 0.467. The van der Waals surface area contributed by atoms with Gasteiger partial charge in [-0.3, -0.25) is 9.59 Å². The Kier molecular flexibility index (Phi) is 9.72. The van der Waals surface area contributed by atoms with Crippen LogP contribution in [0.15, 0.2) is 29.1 Å². The monoisotopic (exact) mass is 619 g/mol. The number of nitrogens with one attached hydrogen (secondary N) is 1. The van der Waals surface area contributed by atoms with E-state index < -0.39 is 41.1 Å². The number of amides is 2. The highest BCUT2D eigenvalue weighted by Crippen LogP contribution is 2.38. The number of nitrogens with zero attached hydrogens (tertiary/aromatic N) is 3. The molecule has 2 amide bonds. The van der Waals surface area contributed by atoms with Gasteiger partial charge in [0.25, 0.3) is 12.0 Å². The van der Waals surface area contributed by atoms with Crippen LogP contribution in [0, 0.1) is 12.7 Å². The van der Waals surface area contributed by atoms with Crippen LogP contribution in [0.2, 0.25) is 0 Å². The van der Waals surface area contributed by atoms with Crippen molar-refractivity contribution in [2.45, 2.75) is 58.1 Å². The van der Waals surface area contributed by atoms with Gasteiger partial charge in [-0.05, 0) is 32.8 Å². The van der Waals surface area contributed by atoms with E-state index in [0.717, 1.165) is 6.07 Å². The first-order valence-corrected chi connectivity index (χ1v) is 14.2. The van der Waals surface area contributed by atoms with Crippen molar-refractivity contribution in [2.75, 3.05) is 31.6 Å². The van der Waals surface area contributed by atoms with Crippen LogP contribution in [0.4, 0.5) is 23.8 Å². The zero-order valence-corrected chi connectivity index (χ0v) is 25.0. The van der Waals surface area contributed by atoms with E-state index in [1.807, 2.05) is 0 Å². The highest BCUT2D eigenvalue weighted by atomic mass is 19.3. The van der Waals surface area contributed by atoms with Gasteiger partial charge in [0, 0.05) is 50.0 Å². The first-order chi connectivity index (χ1) is 20.7. The largest absolute Gasteiger partial charge is 0.489 e. The number of benzene rings is 1. The van der Waals surface area contributed by atoms with Gasteiger partial charge in [-0.25, -0.2) is 22.9 Å². The molecule has 1 aliphatic rings. The van der Waals surface area contributed by atoms with E-state index >= 15 is 4.39 Å². The standard InChI is InChI=1S/C30H36F3N5O6/c1-16(19-7-5-8-20(23(19)31)26(32)33)35-27-21-15-22(30(42)9-11-38(12-10-30)18(3)39)28(40)37(4)24(21)25(17(2)36-27)43-13-6-14-44-29(34)41/h5,7-8,15-16,26,42H,6,9-14H2,1-4H3,(H2,34,41)(H,35,36). The number of aryl methyl sites for hydroxylation is 2. The summed E-state index contributed by atoms with van der Waals surface area (Å²) in [5, 5.41) is 15.1. The lowest BCUT2D eigenvalue weighted by molar-refractivity contribution is -0.133. The number of nitrogens with two attached hydrogens (primary N) is 1. The molecule has 1 aliphatic heterocycles. The minimum Gasteiger partial charge on any atom is -0.489 e. The maximum absolute atomic E-state index is 15.0. The van der Waals surface area contributed by atoms with E-state index in [4.69, 9.17) is 15.2 Å². The van der Waals surface area contributed by atoms with E-state index in [1.165, 1.54) is 36.7 Å². The normalized spacial score (nSPS) is 15.3. The van der Waals surface area contributed by atoms with Crippen molar-refractivity contribution in [3.8, 4) is 5.75 Å². The molecule has 14 heteroatoms. The molecule has 1 fully saturated rings. The van der Waals surface area contributed by atoms with Gasteiger partial charge in [0.1, 0.15) is 11.6 Å². The Morgan fingerprint density at radius 1 is 1.20 bits per heavy atom. The molecule has 4 rings (SSSR count). The second-order valence-corrected chi connectivity index (χ2v) is 10.9. The number of hydrogen-bond acceptors (Lipinski definition) is 8. The Labute approximate surface area is 251 Å². The summed E-state index contributed by atoms with van der Waals surface area (Å²) < 4.78 is 53.9. The number of aliphatic hydroxyl groups is 1. The van der Waals surface area contributed by atoms with Gasteiger partial charge in [-0.2, -0.15) is 0 Å². The van der Waals surface area contributed by atoms with Crippen molar-refractivity contribution in [1.29, 1.82) is 0 Å². The summed E-state index contributed by atoms with van der Waals surface area (Å²) in [5.74, 6) is -0.711.